The van der Waals surface area contributed by atoms with E-state index < -0.39 is 120 Å². The third kappa shape index (κ3) is 21.9. The van der Waals surface area contributed by atoms with Crippen molar-refractivity contribution in [3.8, 4) is 5.75 Å². The van der Waals surface area contributed by atoms with Crippen LogP contribution in [0.15, 0.2) is 85.1 Å². The molecule has 75 heavy (non-hydrogen) atoms. The summed E-state index contributed by atoms with van der Waals surface area (Å²) < 4.78 is 35.8. The molecule has 0 fully saturated rings. The van der Waals surface area contributed by atoms with Crippen LogP contribution in [0, 0.1) is 0 Å². The number of carbonyl (C=O) groups excluding carboxylic acids is 7. The molecule has 406 valence electrons. The van der Waals surface area contributed by atoms with Crippen LogP contribution in [0.1, 0.15) is 75.0 Å². The van der Waals surface area contributed by atoms with E-state index in [9.17, 15) is 56.7 Å². The molecular weight excluding hydrogens is 1020 g/mol. The van der Waals surface area contributed by atoms with Gasteiger partial charge in [-0.15, -0.1) is 0 Å². The lowest BCUT2D eigenvalue weighted by atomic mass is 10.0. The molecule has 0 aliphatic rings. The SMILES string of the molecule is CCCC[C@H](NC(=O)[C@H](Cc1ccc(OS(=O)(=O)O)cc1)NC(=O)CCC(=O)O)C(=O)NCC(=O)N[C@@H](Cc1c[nH]c2ccccc12)C(=O)N[C@@H](CCSC)C(=O)N[C@@H](CCC(=O)O)C(=O)NCCc1ccccc1. The van der Waals surface area contributed by atoms with Gasteiger partial charge in [0.15, 0.2) is 0 Å². The van der Waals surface area contributed by atoms with Gasteiger partial charge in [0, 0.05) is 49.3 Å². The Bertz CT molecular complexity index is 2710. The molecule has 0 saturated heterocycles. The van der Waals surface area contributed by atoms with Gasteiger partial charge >= 0.3 is 22.3 Å². The van der Waals surface area contributed by atoms with Crippen molar-refractivity contribution >= 4 is 86.4 Å². The summed E-state index contributed by atoms with van der Waals surface area (Å²) >= 11 is 1.38. The average molecular weight is 1080 g/mol. The number of amides is 7. The van der Waals surface area contributed by atoms with Crippen LogP contribution >= 0.6 is 11.8 Å². The van der Waals surface area contributed by atoms with Gasteiger partial charge in [-0.25, -0.2) is 0 Å². The van der Waals surface area contributed by atoms with Crippen molar-refractivity contribution in [3.63, 3.8) is 0 Å². The predicted molar refractivity (Wildman–Crippen MR) is 276 cm³/mol. The van der Waals surface area contributed by atoms with Crippen molar-refractivity contribution in [2.24, 2.45) is 0 Å². The van der Waals surface area contributed by atoms with Gasteiger partial charge in [0.05, 0.1) is 13.0 Å². The summed E-state index contributed by atoms with van der Waals surface area (Å²) in [6, 6.07) is 15.1. The summed E-state index contributed by atoms with van der Waals surface area (Å²) in [6.45, 7) is 1.35. The number of unbranched alkanes of at least 4 members (excludes halogenated alkanes) is 1. The van der Waals surface area contributed by atoms with E-state index in [1.54, 1.807) is 24.6 Å². The van der Waals surface area contributed by atoms with Gasteiger partial charge in [-0.2, -0.15) is 20.2 Å². The van der Waals surface area contributed by atoms with Gasteiger partial charge in [0.25, 0.3) is 0 Å². The third-order valence-corrected chi connectivity index (χ3v) is 12.6. The van der Waals surface area contributed by atoms with Gasteiger partial charge in [-0.3, -0.25) is 47.7 Å². The molecular formula is C50H64N8O15S2. The highest BCUT2D eigenvalue weighted by Gasteiger charge is 2.32. The number of carboxylic acids is 2. The van der Waals surface area contributed by atoms with Crippen molar-refractivity contribution in [2.45, 2.75) is 108 Å². The van der Waals surface area contributed by atoms with Crippen molar-refractivity contribution in [3.05, 3.63) is 102 Å². The normalized spacial score (nSPS) is 13.2. The number of aliphatic carboxylic acids is 2. The van der Waals surface area contributed by atoms with Crippen molar-refractivity contribution in [2.75, 3.05) is 25.1 Å². The number of rotatable bonds is 33. The molecule has 0 radical (unpaired) electrons. The van der Waals surface area contributed by atoms with E-state index in [0.717, 1.165) is 16.5 Å². The minimum atomic E-state index is -4.84. The second kappa shape index (κ2) is 30.6. The van der Waals surface area contributed by atoms with E-state index in [-0.39, 0.29) is 44.4 Å². The second-order valence-electron chi connectivity index (χ2n) is 17.3. The second-order valence-corrected chi connectivity index (χ2v) is 19.3. The zero-order chi connectivity index (χ0) is 54.9. The molecule has 7 amide bonds. The molecule has 0 spiro atoms. The standard InChI is InChI=1S/C50H64N8O15S2/c1-3-4-13-37(56-49(68)40(54-42(59)20-22-45(63)64)27-32-15-17-34(18-16-32)73-75(70,71)72)47(66)53-30-43(60)55-41(28-33-29-52-36-14-9-8-12-35(33)36)50(69)58-39(24-26-74-2)48(67)57-38(19-21-44(61)62)46(65)51-25-23-31-10-6-5-7-11-31/h5-12,14-18,29,37-41,52H,3-4,13,19-28,30H2,1-2H3,(H,51,65)(H,53,66)(H,54,59)(H,55,60)(H,56,68)(H,57,67)(H,58,69)(H,61,62)(H,63,64)(H,70,71,72)/t37-,38-,39-,40-,41-/m0/s1. The fourth-order valence-corrected chi connectivity index (χ4v) is 8.46. The van der Waals surface area contributed by atoms with Crippen LogP contribution < -0.4 is 41.4 Å². The molecule has 25 heteroatoms. The molecule has 3 aromatic carbocycles. The first kappa shape index (κ1) is 60.0. The summed E-state index contributed by atoms with van der Waals surface area (Å²) in [6.07, 6.45) is 3.07. The summed E-state index contributed by atoms with van der Waals surface area (Å²) in [5.41, 5.74) is 2.67. The number of H-pyrrole nitrogens is 1. The molecule has 0 bridgehead atoms. The number of carbonyl (C=O) groups is 9. The van der Waals surface area contributed by atoms with Crippen LogP contribution in [-0.2, 0) is 72.8 Å². The Balaban J connectivity index is 1.51. The highest BCUT2D eigenvalue weighted by Crippen LogP contribution is 2.20. The maximum Gasteiger partial charge on any atom is 0.446 e. The quantitative estimate of drug-likeness (QED) is 0.0303. The summed E-state index contributed by atoms with van der Waals surface area (Å²) in [5.74, 6) is -7.78. The number of hydrogen-bond acceptors (Lipinski definition) is 13. The molecule has 0 unspecified atom stereocenters. The van der Waals surface area contributed by atoms with Gasteiger partial charge in [-0.05, 0) is 72.6 Å². The number of hydrogen-bond donors (Lipinski definition) is 11. The van der Waals surface area contributed by atoms with E-state index >= 15 is 0 Å². The topological polar surface area (TPSA) is 358 Å². The highest BCUT2D eigenvalue weighted by atomic mass is 32.3. The molecule has 1 aromatic heterocycles. The van der Waals surface area contributed by atoms with E-state index in [1.807, 2.05) is 49.4 Å². The lowest BCUT2D eigenvalue weighted by Gasteiger charge is -2.25. The Morgan fingerprint density at radius 1 is 0.613 bits per heavy atom. The molecule has 0 saturated carbocycles. The van der Waals surface area contributed by atoms with Crippen LogP contribution in [0.4, 0.5) is 0 Å². The number of para-hydroxylation sites is 1. The Labute approximate surface area is 437 Å². The lowest BCUT2D eigenvalue weighted by Crippen LogP contribution is -2.58. The summed E-state index contributed by atoms with van der Waals surface area (Å²) in [7, 11) is -4.84. The van der Waals surface area contributed by atoms with Crippen molar-refractivity contribution in [1.82, 2.24) is 42.2 Å². The predicted octanol–water partition coefficient (Wildman–Crippen LogP) is 1.71. The van der Waals surface area contributed by atoms with Gasteiger partial charge < -0.3 is 56.6 Å². The van der Waals surface area contributed by atoms with E-state index in [2.05, 4.69) is 46.4 Å². The van der Waals surface area contributed by atoms with Crippen LogP contribution in [0.3, 0.4) is 0 Å². The average Bonchev–Trinajstić information content (AvgIpc) is 3.78. The zero-order valence-electron chi connectivity index (χ0n) is 41.4. The molecule has 0 aliphatic carbocycles. The third-order valence-electron chi connectivity index (χ3n) is 11.5. The fraction of sp³-hybridized carbons (Fsp3) is 0.420. The van der Waals surface area contributed by atoms with Crippen LogP contribution in [0.25, 0.3) is 10.9 Å². The number of thioether (sulfide) groups is 1. The van der Waals surface area contributed by atoms with E-state index in [1.165, 1.54) is 36.0 Å². The number of benzene rings is 3. The van der Waals surface area contributed by atoms with Gasteiger partial charge in [0.1, 0.15) is 36.0 Å². The minimum Gasteiger partial charge on any atom is -0.481 e. The number of nitrogens with one attached hydrogen (secondary N) is 8. The van der Waals surface area contributed by atoms with Crippen LogP contribution in [0.2, 0.25) is 0 Å². The lowest BCUT2D eigenvalue weighted by molar-refractivity contribution is -0.139. The van der Waals surface area contributed by atoms with Crippen molar-refractivity contribution in [1.29, 1.82) is 0 Å². The van der Waals surface area contributed by atoms with E-state index in [4.69, 9.17) is 9.66 Å². The molecule has 23 nitrogen and oxygen atoms in total. The number of carboxylic acid groups (broad SMARTS) is 2. The Hall–Kier alpha value is -7.51. The van der Waals surface area contributed by atoms with Crippen molar-refractivity contribution < 1.29 is 70.5 Å². The maximum absolute atomic E-state index is 14.3. The Morgan fingerprint density at radius 2 is 1.19 bits per heavy atom. The smallest absolute Gasteiger partial charge is 0.446 e. The monoisotopic (exact) mass is 1080 g/mol. The van der Waals surface area contributed by atoms with Crippen LogP contribution in [-0.4, -0.2) is 137 Å². The molecule has 0 aliphatic heterocycles. The number of fused-ring (bicyclic) bond motifs is 1. The fourth-order valence-electron chi connectivity index (χ4n) is 7.63. The van der Waals surface area contributed by atoms with Gasteiger partial charge in [-0.1, -0.05) is 80.4 Å². The number of aromatic amines is 1. The first-order valence-electron chi connectivity index (χ1n) is 24.1. The summed E-state index contributed by atoms with van der Waals surface area (Å²) in [5, 5.41) is 37.6. The van der Waals surface area contributed by atoms with Gasteiger partial charge in [0.2, 0.25) is 41.4 Å². The first-order chi connectivity index (χ1) is 35.7. The Morgan fingerprint density at radius 3 is 1.81 bits per heavy atom. The Kier molecular flexibility index (Phi) is 24.5. The largest absolute Gasteiger partial charge is 0.481 e. The zero-order valence-corrected chi connectivity index (χ0v) is 43.1. The highest BCUT2D eigenvalue weighted by molar-refractivity contribution is 7.98. The van der Waals surface area contributed by atoms with E-state index in [0.29, 0.717) is 36.1 Å². The molecule has 1 heterocycles. The maximum atomic E-state index is 14.3. The molecule has 11 N–H and O–H groups in total. The molecule has 4 aromatic rings. The summed E-state index contributed by atoms with van der Waals surface area (Å²) in [4.78, 5) is 122. The van der Waals surface area contributed by atoms with Crippen LogP contribution in [0.5, 0.6) is 5.75 Å². The number of aromatic nitrogens is 1. The molecule has 4 rings (SSSR count). The molecule has 5 atom stereocenters. The first-order valence-corrected chi connectivity index (χ1v) is 26.8. The minimum absolute atomic E-state index is 0.0780.